The van der Waals surface area contributed by atoms with Crippen molar-refractivity contribution in [1.82, 2.24) is 4.05 Å². The van der Waals surface area contributed by atoms with Crippen LogP contribution in [0.3, 0.4) is 0 Å². The molecule has 0 fully saturated rings. The first-order valence-electron chi connectivity index (χ1n) is 5.01. The SMILES string of the molecule is Fc1cc(Cl)ccc1N(c1ccccc1)N(Cl)Cl. The molecule has 0 aliphatic rings. The molecule has 6 heteroatoms. The largest absolute Gasteiger partial charge is 0.243 e. The molecule has 0 saturated carbocycles. The summed E-state index contributed by atoms with van der Waals surface area (Å²) < 4.78 is 14.6. The van der Waals surface area contributed by atoms with Crippen LogP contribution in [0.25, 0.3) is 0 Å². The molecule has 0 unspecified atom stereocenters. The Morgan fingerprint density at radius 1 is 0.944 bits per heavy atom. The van der Waals surface area contributed by atoms with E-state index in [2.05, 4.69) is 0 Å². The minimum Gasteiger partial charge on any atom is -0.243 e. The lowest BCUT2D eigenvalue weighted by molar-refractivity contribution is 0.607. The molecule has 0 amide bonds. The van der Waals surface area contributed by atoms with Crippen molar-refractivity contribution in [2.75, 3.05) is 5.01 Å². The van der Waals surface area contributed by atoms with Gasteiger partial charge in [-0.15, -0.1) is 0 Å². The molecular formula is C12H8Cl3FN2. The van der Waals surface area contributed by atoms with E-state index in [0.717, 1.165) is 4.05 Å². The van der Waals surface area contributed by atoms with Crippen LogP contribution < -0.4 is 5.01 Å². The van der Waals surface area contributed by atoms with Gasteiger partial charge >= 0.3 is 0 Å². The van der Waals surface area contributed by atoms with E-state index in [1.165, 1.54) is 17.1 Å². The van der Waals surface area contributed by atoms with Crippen molar-refractivity contribution < 1.29 is 4.39 Å². The van der Waals surface area contributed by atoms with Crippen molar-refractivity contribution in [2.45, 2.75) is 0 Å². The second-order valence-electron chi connectivity index (χ2n) is 3.46. The predicted octanol–water partition coefficient (Wildman–Crippen LogP) is 5.14. The quantitative estimate of drug-likeness (QED) is 0.572. The topological polar surface area (TPSA) is 6.48 Å². The number of nitrogens with zero attached hydrogens (tertiary/aromatic N) is 2. The lowest BCUT2D eigenvalue weighted by Crippen LogP contribution is -2.25. The Morgan fingerprint density at radius 2 is 1.61 bits per heavy atom. The van der Waals surface area contributed by atoms with Crippen molar-refractivity contribution in [3.63, 3.8) is 0 Å². The summed E-state index contributed by atoms with van der Waals surface area (Å²) in [6, 6.07) is 13.2. The van der Waals surface area contributed by atoms with Gasteiger partial charge in [0.25, 0.3) is 0 Å². The van der Waals surface area contributed by atoms with Gasteiger partial charge in [0.2, 0.25) is 0 Å². The number of halogens is 4. The third kappa shape index (κ3) is 2.87. The molecular weight excluding hydrogens is 298 g/mol. The Morgan fingerprint density at radius 3 is 2.17 bits per heavy atom. The number of rotatable bonds is 3. The molecule has 2 nitrogen and oxygen atoms in total. The maximum atomic E-state index is 13.9. The van der Waals surface area contributed by atoms with Crippen LogP contribution in [0.1, 0.15) is 0 Å². The van der Waals surface area contributed by atoms with Crippen molar-refractivity contribution in [3.05, 3.63) is 59.4 Å². The molecule has 0 saturated heterocycles. The molecule has 94 valence electrons. The van der Waals surface area contributed by atoms with Gasteiger partial charge in [0.1, 0.15) is 5.82 Å². The molecule has 0 aliphatic carbocycles. The summed E-state index contributed by atoms with van der Waals surface area (Å²) in [5, 5.41) is 1.62. The van der Waals surface area contributed by atoms with Crippen LogP contribution in [-0.2, 0) is 0 Å². The molecule has 0 heterocycles. The Hall–Kier alpha value is -1.000. The van der Waals surface area contributed by atoms with Crippen LogP contribution in [0.2, 0.25) is 5.02 Å². The minimum absolute atomic E-state index is 0.204. The maximum Gasteiger partial charge on any atom is 0.149 e. The third-order valence-electron chi connectivity index (χ3n) is 2.29. The monoisotopic (exact) mass is 304 g/mol. The van der Waals surface area contributed by atoms with Crippen LogP contribution in [-0.4, -0.2) is 4.05 Å². The summed E-state index contributed by atoms with van der Waals surface area (Å²) in [5.74, 6) is -0.516. The van der Waals surface area contributed by atoms with Crippen molar-refractivity contribution in [2.24, 2.45) is 0 Å². The summed E-state index contributed by atoms with van der Waals surface area (Å²) in [4.78, 5) is 0. The standard InChI is InChI=1S/C12H8Cl3FN2/c13-9-6-7-12(11(16)8-9)17(18(14)15)10-4-2-1-3-5-10/h1-8H. The van der Waals surface area contributed by atoms with E-state index in [9.17, 15) is 4.39 Å². The van der Waals surface area contributed by atoms with Crippen LogP contribution in [0.4, 0.5) is 15.8 Å². The highest BCUT2D eigenvalue weighted by Crippen LogP contribution is 2.32. The molecule has 2 aromatic rings. The summed E-state index contributed by atoms with van der Waals surface area (Å²) in [6.45, 7) is 0. The Kier molecular flexibility index (Phi) is 4.30. The maximum absolute atomic E-state index is 13.9. The first-order valence-corrected chi connectivity index (χ1v) is 6.07. The van der Waals surface area contributed by atoms with Gasteiger partial charge < -0.3 is 0 Å². The van der Waals surface area contributed by atoms with Gasteiger partial charge in [0.05, 0.1) is 11.4 Å². The molecule has 0 radical (unpaired) electrons. The molecule has 0 atom stereocenters. The molecule has 0 aliphatic heterocycles. The first kappa shape index (κ1) is 13.4. The Balaban J connectivity index is 2.49. The van der Waals surface area contributed by atoms with E-state index in [-0.39, 0.29) is 5.69 Å². The van der Waals surface area contributed by atoms with Gasteiger partial charge in [-0.2, -0.15) is 0 Å². The number of para-hydroxylation sites is 1. The van der Waals surface area contributed by atoms with Crippen molar-refractivity contribution >= 4 is 46.5 Å². The summed E-state index contributed by atoms with van der Waals surface area (Å²) in [7, 11) is 0. The van der Waals surface area contributed by atoms with E-state index in [1.54, 1.807) is 30.3 Å². The van der Waals surface area contributed by atoms with E-state index >= 15 is 0 Å². The lowest BCUT2D eigenvalue weighted by Gasteiger charge is -2.26. The zero-order valence-corrected chi connectivity index (χ0v) is 11.3. The lowest BCUT2D eigenvalue weighted by atomic mass is 10.2. The van der Waals surface area contributed by atoms with Crippen LogP contribution >= 0.6 is 35.2 Å². The molecule has 2 rings (SSSR count). The number of hydrazine groups is 1. The number of anilines is 2. The second-order valence-corrected chi connectivity index (χ2v) is 4.71. The predicted molar refractivity (Wildman–Crippen MR) is 73.5 cm³/mol. The fourth-order valence-electron chi connectivity index (χ4n) is 1.53. The highest BCUT2D eigenvalue weighted by molar-refractivity contribution is 6.35. The van der Waals surface area contributed by atoms with Crippen molar-refractivity contribution in [3.8, 4) is 0 Å². The average molecular weight is 306 g/mol. The summed E-state index contributed by atoms with van der Waals surface area (Å²) >= 11 is 17.2. The van der Waals surface area contributed by atoms with Gasteiger partial charge in [-0.25, -0.2) is 9.40 Å². The molecule has 2 aromatic carbocycles. The zero-order valence-electron chi connectivity index (χ0n) is 9.03. The van der Waals surface area contributed by atoms with Gasteiger partial charge in [-0.3, -0.25) is 0 Å². The Bertz CT molecular complexity index is 534. The minimum atomic E-state index is -0.516. The first-order chi connectivity index (χ1) is 8.59. The number of hydrogen-bond donors (Lipinski definition) is 0. The fraction of sp³-hybridized carbons (Fsp3) is 0. The van der Waals surface area contributed by atoms with E-state index in [0.29, 0.717) is 10.7 Å². The van der Waals surface area contributed by atoms with Crippen molar-refractivity contribution in [1.29, 1.82) is 0 Å². The second kappa shape index (κ2) is 5.76. The summed E-state index contributed by atoms with van der Waals surface area (Å²) in [6.07, 6.45) is 0. The molecule has 0 aromatic heterocycles. The average Bonchev–Trinajstić information content (AvgIpc) is 2.33. The van der Waals surface area contributed by atoms with E-state index in [4.69, 9.17) is 35.2 Å². The Labute approximate surface area is 119 Å². The third-order valence-corrected chi connectivity index (χ3v) is 2.83. The highest BCUT2D eigenvalue weighted by Gasteiger charge is 2.18. The van der Waals surface area contributed by atoms with E-state index < -0.39 is 5.82 Å². The molecule has 18 heavy (non-hydrogen) atoms. The molecule has 0 N–H and O–H groups in total. The van der Waals surface area contributed by atoms with Gasteiger partial charge in [0, 0.05) is 28.6 Å². The number of hydrogen-bond acceptors (Lipinski definition) is 2. The fourth-order valence-corrected chi connectivity index (χ4v) is 2.03. The molecule has 0 bridgehead atoms. The van der Waals surface area contributed by atoms with Gasteiger partial charge in [0.15, 0.2) is 0 Å². The zero-order chi connectivity index (χ0) is 13.1. The van der Waals surface area contributed by atoms with Crippen LogP contribution in [0.5, 0.6) is 0 Å². The van der Waals surface area contributed by atoms with Crippen LogP contribution in [0.15, 0.2) is 48.5 Å². The van der Waals surface area contributed by atoms with Gasteiger partial charge in [-0.1, -0.05) is 29.8 Å². The smallest absolute Gasteiger partial charge is 0.149 e. The summed E-state index contributed by atoms with van der Waals surface area (Å²) in [5.41, 5.74) is 0.833. The molecule has 0 spiro atoms. The van der Waals surface area contributed by atoms with Crippen LogP contribution in [0, 0.1) is 5.82 Å². The van der Waals surface area contributed by atoms with Gasteiger partial charge in [-0.05, 0) is 34.4 Å². The number of benzene rings is 2. The van der Waals surface area contributed by atoms with E-state index in [1.807, 2.05) is 6.07 Å². The normalized spacial score (nSPS) is 10.7. The highest BCUT2D eigenvalue weighted by atomic mass is 35.5.